The Hall–Kier alpha value is -1.89. The summed E-state index contributed by atoms with van der Waals surface area (Å²) in [5.41, 5.74) is 7.16. The summed E-state index contributed by atoms with van der Waals surface area (Å²) in [6.07, 6.45) is 1.26. The Balaban J connectivity index is 1.67. The molecular weight excluding hydrogens is 284 g/mol. The number of aliphatic hydroxyl groups excluding tert-OH is 1. The highest BCUT2D eigenvalue weighted by molar-refractivity contribution is 5.59. The van der Waals surface area contributed by atoms with Gasteiger partial charge in [0, 0.05) is 24.6 Å². The van der Waals surface area contributed by atoms with Gasteiger partial charge in [-0.15, -0.1) is 0 Å². The van der Waals surface area contributed by atoms with Crippen LogP contribution in [0.15, 0.2) is 34.9 Å². The SMILES string of the molecule is NCC1OC(Cc2cc(-c3cccc(O)c3)on2)CCC1O. The van der Waals surface area contributed by atoms with Crippen LogP contribution in [0.5, 0.6) is 5.75 Å². The van der Waals surface area contributed by atoms with Crippen molar-refractivity contribution in [1.82, 2.24) is 5.16 Å². The van der Waals surface area contributed by atoms with Crippen LogP contribution < -0.4 is 5.73 Å². The molecule has 0 spiro atoms. The monoisotopic (exact) mass is 304 g/mol. The van der Waals surface area contributed by atoms with Gasteiger partial charge in [-0.05, 0) is 25.0 Å². The fourth-order valence-electron chi connectivity index (χ4n) is 2.75. The Morgan fingerprint density at radius 3 is 2.91 bits per heavy atom. The van der Waals surface area contributed by atoms with Gasteiger partial charge in [0.15, 0.2) is 5.76 Å². The van der Waals surface area contributed by atoms with Gasteiger partial charge in [0.05, 0.1) is 24.0 Å². The average molecular weight is 304 g/mol. The first kappa shape index (κ1) is 15.0. The summed E-state index contributed by atoms with van der Waals surface area (Å²) in [5, 5.41) is 23.3. The third kappa shape index (κ3) is 3.30. The van der Waals surface area contributed by atoms with Gasteiger partial charge in [0.2, 0.25) is 0 Å². The Morgan fingerprint density at radius 2 is 2.14 bits per heavy atom. The topological polar surface area (TPSA) is 102 Å². The number of ether oxygens (including phenoxy) is 1. The summed E-state index contributed by atoms with van der Waals surface area (Å²) < 4.78 is 11.1. The lowest BCUT2D eigenvalue weighted by atomic mass is 9.98. The van der Waals surface area contributed by atoms with E-state index in [0.29, 0.717) is 25.1 Å². The molecule has 1 aromatic carbocycles. The number of nitrogens with zero attached hydrogens (tertiary/aromatic N) is 1. The molecule has 6 heteroatoms. The molecule has 118 valence electrons. The largest absolute Gasteiger partial charge is 0.508 e. The summed E-state index contributed by atoms with van der Waals surface area (Å²) in [6.45, 7) is 0.311. The van der Waals surface area contributed by atoms with Crippen LogP contribution in [0.3, 0.4) is 0 Å². The maximum atomic E-state index is 9.77. The molecule has 22 heavy (non-hydrogen) atoms. The molecule has 0 bridgehead atoms. The minimum Gasteiger partial charge on any atom is -0.508 e. The molecule has 1 aliphatic rings. The predicted molar refractivity (Wildman–Crippen MR) is 80.3 cm³/mol. The van der Waals surface area contributed by atoms with E-state index in [2.05, 4.69) is 5.16 Å². The van der Waals surface area contributed by atoms with Crippen molar-refractivity contribution in [1.29, 1.82) is 0 Å². The molecule has 1 fully saturated rings. The van der Waals surface area contributed by atoms with Gasteiger partial charge in [-0.25, -0.2) is 0 Å². The van der Waals surface area contributed by atoms with Crippen molar-refractivity contribution < 1.29 is 19.5 Å². The number of rotatable bonds is 4. The number of phenolic OH excluding ortho intramolecular Hbond substituents is 1. The summed E-state index contributed by atoms with van der Waals surface area (Å²) in [5.74, 6) is 0.794. The van der Waals surface area contributed by atoms with E-state index in [-0.39, 0.29) is 18.0 Å². The number of aliphatic hydroxyl groups is 1. The van der Waals surface area contributed by atoms with Gasteiger partial charge in [-0.1, -0.05) is 17.3 Å². The van der Waals surface area contributed by atoms with Crippen molar-refractivity contribution in [2.24, 2.45) is 5.73 Å². The van der Waals surface area contributed by atoms with E-state index in [4.69, 9.17) is 15.0 Å². The second-order valence-electron chi connectivity index (χ2n) is 5.61. The van der Waals surface area contributed by atoms with Crippen molar-refractivity contribution in [3.8, 4) is 17.1 Å². The molecule has 1 aromatic heterocycles. The lowest BCUT2D eigenvalue weighted by Crippen LogP contribution is -2.44. The molecule has 2 aromatic rings. The number of nitrogens with two attached hydrogens (primary N) is 1. The molecule has 0 saturated carbocycles. The van der Waals surface area contributed by atoms with Gasteiger partial charge >= 0.3 is 0 Å². The minimum absolute atomic E-state index is 0.0147. The Labute approximate surface area is 128 Å². The highest BCUT2D eigenvalue weighted by atomic mass is 16.5. The first-order valence-electron chi connectivity index (χ1n) is 7.44. The van der Waals surface area contributed by atoms with Crippen molar-refractivity contribution in [2.45, 2.75) is 37.6 Å². The lowest BCUT2D eigenvalue weighted by molar-refractivity contribution is -0.111. The number of hydrogen-bond acceptors (Lipinski definition) is 6. The molecule has 4 N–H and O–H groups in total. The molecule has 1 aliphatic heterocycles. The van der Waals surface area contributed by atoms with Crippen LogP contribution >= 0.6 is 0 Å². The molecular formula is C16H20N2O4. The van der Waals surface area contributed by atoms with Crippen LogP contribution in [0.4, 0.5) is 0 Å². The van der Waals surface area contributed by atoms with Crippen molar-refractivity contribution in [2.75, 3.05) is 6.54 Å². The Morgan fingerprint density at radius 1 is 1.27 bits per heavy atom. The molecule has 0 radical (unpaired) electrons. The van der Waals surface area contributed by atoms with E-state index in [1.165, 1.54) is 0 Å². The molecule has 0 amide bonds. The normalized spacial score (nSPS) is 25.3. The quantitative estimate of drug-likeness (QED) is 0.790. The van der Waals surface area contributed by atoms with Gasteiger partial charge < -0.3 is 25.2 Å². The van der Waals surface area contributed by atoms with Crippen molar-refractivity contribution in [3.05, 3.63) is 36.0 Å². The molecule has 3 atom stereocenters. The number of phenols is 1. The number of benzene rings is 1. The third-order valence-electron chi connectivity index (χ3n) is 3.94. The van der Waals surface area contributed by atoms with Gasteiger partial charge in [0.25, 0.3) is 0 Å². The van der Waals surface area contributed by atoms with E-state index in [1.807, 2.05) is 12.1 Å². The third-order valence-corrected chi connectivity index (χ3v) is 3.94. The predicted octanol–water partition coefficient (Wildman–Crippen LogP) is 1.46. The molecule has 0 aliphatic carbocycles. The molecule has 3 rings (SSSR count). The first-order chi connectivity index (χ1) is 10.7. The highest BCUT2D eigenvalue weighted by Crippen LogP contribution is 2.26. The van der Waals surface area contributed by atoms with Crippen LogP contribution in [-0.2, 0) is 11.2 Å². The second-order valence-corrected chi connectivity index (χ2v) is 5.61. The number of aromatic hydroxyl groups is 1. The van der Waals surface area contributed by atoms with Crippen LogP contribution in [0.25, 0.3) is 11.3 Å². The highest BCUT2D eigenvalue weighted by Gasteiger charge is 2.29. The van der Waals surface area contributed by atoms with Crippen LogP contribution in [-0.4, -0.2) is 40.2 Å². The molecule has 3 unspecified atom stereocenters. The van der Waals surface area contributed by atoms with Gasteiger partial charge in [-0.3, -0.25) is 0 Å². The van der Waals surface area contributed by atoms with Gasteiger partial charge in [0.1, 0.15) is 5.75 Å². The molecule has 6 nitrogen and oxygen atoms in total. The maximum Gasteiger partial charge on any atom is 0.167 e. The van der Waals surface area contributed by atoms with Gasteiger partial charge in [-0.2, -0.15) is 0 Å². The maximum absolute atomic E-state index is 9.77. The first-order valence-corrected chi connectivity index (χ1v) is 7.44. The smallest absolute Gasteiger partial charge is 0.167 e. The lowest BCUT2D eigenvalue weighted by Gasteiger charge is -2.32. The van der Waals surface area contributed by atoms with E-state index in [9.17, 15) is 10.2 Å². The van der Waals surface area contributed by atoms with E-state index >= 15 is 0 Å². The van der Waals surface area contributed by atoms with E-state index in [0.717, 1.165) is 17.7 Å². The van der Waals surface area contributed by atoms with Crippen molar-refractivity contribution in [3.63, 3.8) is 0 Å². The minimum atomic E-state index is -0.485. The summed E-state index contributed by atoms with van der Waals surface area (Å²) in [4.78, 5) is 0. The van der Waals surface area contributed by atoms with E-state index in [1.54, 1.807) is 18.2 Å². The second kappa shape index (κ2) is 6.48. The van der Waals surface area contributed by atoms with Crippen LogP contribution in [0.1, 0.15) is 18.5 Å². The number of aromatic nitrogens is 1. The Bertz CT molecular complexity index is 628. The molecule has 2 heterocycles. The summed E-state index contributed by atoms with van der Waals surface area (Å²) in [7, 11) is 0. The zero-order chi connectivity index (χ0) is 15.5. The number of hydrogen-bond donors (Lipinski definition) is 3. The van der Waals surface area contributed by atoms with Crippen LogP contribution in [0, 0.1) is 0 Å². The standard InChI is InChI=1S/C16H20N2O4/c17-9-16-14(20)5-4-13(21-16)7-11-8-15(22-18-11)10-2-1-3-12(19)6-10/h1-3,6,8,13-14,16,19-20H,4-5,7,9,17H2. The van der Waals surface area contributed by atoms with Crippen molar-refractivity contribution >= 4 is 0 Å². The fraction of sp³-hybridized carbons (Fsp3) is 0.438. The average Bonchev–Trinajstić information content (AvgIpc) is 2.98. The Kier molecular flexibility index (Phi) is 4.42. The molecule has 1 saturated heterocycles. The fourth-order valence-corrected chi connectivity index (χ4v) is 2.75. The van der Waals surface area contributed by atoms with Crippen LogP contribution in [0.2, 0.25) is 0 Å². The summed E-state index contributed by atoms with van der Waals surface area (Å²) in [6, 6.07) is 8.68. The van der Waals surface area contributed by atoms with E-state index < -0.39 is 6.10 Å². The zero-order valence-corrected chi connectivity index (χ0v) is 12.2. The zero-order valence-electron chi connectivity index (χ0n) is 12.2. The summed E-state index contributed by atoms with van der Waals surface area (Å²) >= 11 is 0.